The Bertz CT molecular complexity index is 946. The highest BCUT2D eigenvalue weighted by Gasteiger charge is 2.49. The number of para-hydroxylation sites is 2. The van der Waals surface area contributed by atoms with Crippen molar-refractivity contribution in [1.82, 2.24) is 0 Å². The summed E-state index contributed by atoms with van der Waals surface area (Å²) < 4.78 is 26.4. The molecule has 0 spiro atoms. The molecule has 0 aromatic heterocycles. The number of carbonyl (C=O) groups is 2. The molecular formula is C22H24O10. The van der Waals surface area contributed by atoms with Crippen molar-refractivity contribution in [2.45, 2.75) is 30.7 Å². The number of ether oxygens (including phenoxy) is 5. The number of aliphatic hydroxyl groups excluding tert-OH is 3. The van der Waals surface area contributed by atoms with Gasteiger partial charge < -0.3 is 39.0 Å². The van der Waals surface area contributed by atoms with Gasteiger partial charge in [0.2, 0.25) is 6.29 Å². The van der Waals surface area contributed by atoms with Crippen molar-refractivity contribution in [3.63, 3.8) is 0 Å². The molecule has 10 nitrogen and oxygen atoms in total. The molecule has 1 heterocycles. The van der Waals surface area contributed by atoms with Crippen LogP contribution < -0.4 is 9.47 Å². The first-order chi connectivity index (χ1) is 15.4. The van der Waals surface area contributed by atoms with Gasteiger partial charge in [-0.15, -0.1) is 0 Å². The second-order valence-corrected chi connectivity index (χ2v) is 6.88. The van der Waals surface area contributed by atoms with Crippen LogP contribution >= 0.6 is 0 Å². The van der Waals surface area contributed by atoms with Gasteiger partial charge in [0, 0.05) is 0 Å². The van der Waals surface area contributed by atoms with Crippen LogP contribution in [0.1, 0.15) is 20.7 Å². The van der Waals surface area contributed by atoms with E-state index in [2.05, 4.69) is 0 Å². The maximum absolute atomic E-state index is 12.7. The van der Waals surface area contributed by atoms with Gasteiger partial charge in [-0.25, -0.2) is 9.59 Å². The van der Waals surface area contributed by atoms with Gasteiger partial charge in [0.15, 0.2) is 6.10 Å². The van der Waals surface area contributed by atoms with Crippen molar-refractivity contribution in [1.29, 1.82) is 0 Å². The van der Waals surface area contributed by atoms with E-state index in [4.69, 9.17) is 23.7 Å². The van der Waals surface area contributed by atoms with Gasteiger partial charge in [0.25, 0.3) is 0 Å². The number of carbonyl (C=O) groups excluding carboxylic acids is 2. The molecule has 0 aliphatic carbocycles. The molecule has 3 rings (SSSR count). The SMILES string of the molecule is COc1ccccc1C(=O)OC1OC(CO)C(O)C(O)C1OC(=O)c1ccccc1OC. The van der Waals surface area contributed by atoms with Crippen LogP contribution in [0.15, 0.2) is 48.5 Å². The molecule has 0 bridgehead atoms. The molecule has 10 heteroatoms. The van der Waals surface area contributed by atoms with Gasteiger partial charge in [-0.05, 0) is 24.3 Å². The average molecular weight is 448 g/mol. The lowest BCUT2D eigenvalue weighted by Gasteiger charge is -2.40. The van der Waals surface area contributed by atoms with E-state index in [9.17, 15) is 24.9 Å². The number of methoxy groups -OCH3 is 2. The van der Waals surface area contributed by atoms with E-state index in [1.807, 2.05) is 0 Å². The van der Waals surface area contributed by atoms with Crippen LogP contribution in [0, 0.1) is 0 Å². The minimum absolute atomic E-state index is 0.0516. The van der Waals surface area contributed by atoms with E-state index in [-0.39, 0.29) is 22.6 Å². The van der Waals surface area contributed by atoms with E-state index in [1.54, 1.807) is 36.4 Å². The molecular weight excluding hydrogens is 424 g/mol. The second-order valence-electron chi connectivity index (χ2n) is 6.88. The van der Waals surface area contributed by atoms with Crippen molar-refractivity contribution in [3.8, 4) is 11.5 Å². The summed E-state index contributed by atoms with van der Waals surface area (Å²) in [4.78, 5) is 25.5. The molecule has 0 saturated carbocycles. The molecule has 2 aromatic rings. The topological polar surface area (TPSA) is 141 Å². The van der Waals surface area contributed by atoms with Gasteiger partial charge in [-0.1, -0.05) is 24.3 Å². The summed E-state index contributed by atoms with van der Waals surface area (Å²) in [5.74, 6) is -1.33. The number of aliphatic hydroxyl groups is 3. The summed E-state index contributed by atoms with van der Waals surface area (Å²) in [6.45, 7) is -0.673. The molecule has 32 heavy (non-hydrogen) atoms. The van der Waals surface area contributed by atoms with Crippen LogP contribution in [0.2, 0.25) is 0 Å². The summed E-state index contributed by atoms with van der Waals surface area (Å²) in [5, 5.41) is 30.2. The Labute approximate surface area is 183 Å². The van der Waals surface area contributed by atoms with Crippen LogP contribution in [-0.4, -0.2) is 78.8 Å². The molecule has 1 saturated heterocycles. The van der Waals surface area contributed by atoms with Gasteiger partial charge in [-0.3, -0.25) is 0 Å². The molecule has 2 aromatic carbocycles. The lowest BCUT2D eigenvalue weighted by molar-refractivity contribution is -0.284. The van der Waals surface area contributed by atoms with Crippen molar-refractivity contribution in [2.24, 2.45) is 0 Å². The maximum atomic E-state index is 12.7. The van der Waals surface area contributed by atoms with Crippen molar-refractivity contribution < 1.29 is 48.6 Å². The zero-order valence-electron chi connectivity index (χ0n) is 17.4. The standard InChI is InChI=1S/C22H24O10/c1-28-14-9-5-3-7-12(14)20(26)31-19-18(25)17(24)16(11-23)30-22(19)32-21(27)13-8-4-6-10-15(13)29-2/h3-10,16-19,22-25H,11H2,1-2H3. The summed E-state index contributed by atoms with van der Waals surface area (Å²) in [7, 11) is 2.75. The van der Waals surface area contributed by atoms with Crippen molar-refractivity contribution >= 4 is 11.9 Å². The first-order valence-corrected chi connectivity index (χ1v) is 9.71. The summed E-state index contributed by atoms with van der Waals surface area (Å²) in [6, 6.07) is 12.5. The highest BCUT2D eigenvalue weighted by Crippen LogP contribution is 2.28. The highest BCUT2D eigenvalue weighted by molar-refractivity contribution is 5.93. The van der Waals surface area contributed by atoms with E-state index < -0.39 is 49.3 Å². The fraction of sp³-hybridized carbons (Fsp3) is 0.364. The van der Waals surface area contributed by atoms with Crippen molar-refractivity contribution in [2.75, 3.05) is 20.8 Å². The Balaban J connectivity index is 1.86. The van der Waals surface area contributed by atoms with Crippen LogP contribution in [0.5, 0.6) is 11.5 Å². The third kappa shape index (κ3) is 4.83. The van der Waals surface area contributed by atoms with Gasteiger partial charge >= 0.3 is 11.9 Å². The average Bonchev–Trinajstić information content (AvgIpc) is 2.83. The predicted octanol–water partition coefficient (Wildman–Crippen LogP) is 0.525. The van der Waals surface area contributed by atoms with Crippen LogP contribution in [0.4, 0.5) is 0 Å². The quantitative estimate of drug-likeness (QED) is 0.514. The third-order valence-electron chi connectivity index (χ3n) is 4.94. The first kappa shape index (κ1) is 23.5. The normalized spacial score (nSPS) is 25.0. The van der Waals surface area contributed by atoms with E-state index in [1.165, 1.54) is 26.4 Å². The highest BCUT2D eigenvalue weighted by atomic mass is 16.7. The zero-order valence-corrected chi connectivity index (χ0v) is 17.4. The fourth-order valence-electron chi connectivity index (χ4n) is 3.26. The molecule has 0 radical (unpaired) electrons. The van der Waals surface area contributed by atoms with Crippen molar-refractivity contribution in [3.05, 3.63) is 59.7 Å². The number of rotatable bonds is 7. The Hall–Kier alpha value is -3.18. The van der Waals surface area contributed by atoms with Crippen LogP contribution in [0.3, 0.4) is 0 Å². The predicted molar refractivity (Wildman–Crippen MR) is 108 cm³/mol. The summed E-state index contributed by atoms with van der Waals surface area (Å²) >= 11 is 0. The maximum Gasteiger partial charge on any atom is 0.344 e. The number of hydrogen-bond donors (Lipinski definition) is 3. The van der Waals surface area contributed by atoms with E-state index in [0.717, 1.165) is 0 Å². The van der Waals surface area contributed by atoms with Gasteiger partial charge in [-0.2, -0.15) is 0 Å². The fourth-order valence-corrected chi connectivity index (χ4v) is 3.26. The Kier molecular flexibility index (Phi) is 7.65. The molecule has 1 aliphatic rings. The minimum Gasteiger partial charge on any atom is -0.496 e. The lowest BCUT2D eigenvalue weighted by Crippen LogP contribution is -2.60. The Morgan fingerprint density at radius 2 is 1.34 bits per heavy atom. The number of esters is 2. The summed E-state index contributed by atoms with van der Waals surface area (Å²) in [6.07, 6.45) is -7.81. The Morgan fingerprint density at radius 3 is 1.84 bits per heavy atom. The molecule has 5 atom stereocenters. The zero-order chi connectivity index (χ0) is 23.3. The monoisotopic (exact) mass is 448 g/mol. The van der Waals surface area contributed by atoms with Gasteiger partial charge in [0.1, 0.15) is 40.9 Å². The minimum atomic E-state index is -1.71. The molecule has 1 fully saturated rings. The third-order valence-corrected chi connectivity index (χ3v) is 4.94. The summed E-state index contributed by atoms with van der Waals surface area (Å²) in [5.41, 5.74) is 0.116. The molecule has 1 aliphatic heterocycles. The van der Waals surface area contributed by atoms with E-state index >= 15 is 0 Å². The molecule has 5 unspecified atom stereocenters. The molecule has 172 valence electrons. The molecule has 3 N–H and O–H groups in total. The number of hydrogen-bond acceptors (Lipinski definition) is 10. The van der Waals surface area contributed by atoms with E-state index in [0.29, 0.717) is 0 Å². The Morgan fingerprint density at radius 1 is 0.844 bits per heavy atom. The first-order valence-electron chi connectivity index (χ1n) is 9.71. The second kappa shape index (κ2) is 10.4. The van der Waals surface area contributed by atoms with Gasteiger partial charge in [0.05, 0.1) is 20.8 Å². The molecule has 0 amide bonds. The smallest absolute Gasteiger partial charge is 0.344 e. The van der Waals surface area contributed by atoms with Crippen LogP contribution in [0.25, 0.3) is 0 Å². The number of benzene rings is 2. The van der Waals surface area contributed by atoms with Crippen LogP contribution in [-0.2, 0) is 14.2 Å². The largest absolute Gasteiger partial charge is 0.496 e. The lowest BCUT2D eigenvalue weighted by atomic mass is 9.99.